The van der Waals surface area contributed by atoms with Crippen molar-refractivity contribution in [2.45, 2.75) is 64.0 Å². The Morgan fingerprint density at radius 2 is 2.17 bits per heavy atom. The Hall–Kier alpha value is -0.450. The Labute approximate surface area is 114 Å². The number of aromatic nitrogens is 1. The maximum Gasteiger partial charge on any atom is 0.0959 e. The minimum absolute atomic E-state index is 0.554. The quantitative estimate of drug-likeness (QED) is 0.799. The second kappa shape index (κ2) is 6.13. The molecule has 1 aromatic heterocycles. The molecule has 0 aromatic carbocycles. The van der Waals surface area contributed by atoms with Crippen LogP contribution in [0.5, 0.6) is 0 Å². The molecule has 1 fully saturated rings. The van der Waals surface area contributed by atoms with Crippen molar-refractivity contribution in [3.63, 3.8) is 0 Å². The fourth-order valence-corrected chi connectivity index (χ4v) is 3.22. The van der Waals surface area contributed by atoms with Crippen LogP contribution in [-0.4, -0.2) is 22.2 Å². The zero-order valence-electron chi connectivity index (χ0n) is 11.4. The summed E-state index contributed by atoms with van der Waals surface area (Å²) in [7, 11) is 0. The molecule has 0 bridgehead atoms. The Morgan fingerprint density at radius 3 is 2.72 bits per heavy atom. The standard InChI is InChI=1S/C14H24N2OS/c1-3-14(17,4-2)10-15-8-12-9-16-13(18-12)11-6-5-7-11/h9,11,15,17H,3-8,10H2,1-2H3. The molecule has 1 saturated carbocycles. The second-order valence-electron chi connectivity index (χ2n) is 5.33. The van der Waals surface area contributed by atoms with Crippen molar-refractivity contribution in [3.05, 3.63) is 16.1 Å². The van der Waals surface area contributed by atoms with Crippen molar-refractivity contribution >= 4 is 11.3 Å². The lowest BCUT2D eigenvalue weighted by molar-refractivity contribution is 0.0323. The number of thiazole rings is 1. The maximum absolute atomic E-state index is 10.2. The largest absolute Gasteiger partial charge is 0.389 e. The summed E-state index contributed by atoms with van der Waals surface area (Å²) in [5, 5.41) is 14.8. The third-order valence-corrected chi connectivity index (χ3v) is 5.26. The van der Waals surface area contributed by atoms with Crippen molar-refractivity contribution in [3.8, 4) is 0 Å². The molecular formula is C14H24N2OS. The Bertz CT molecular complexity index is 370. The van der Waals surface area contributed by atoms with Crippen LogP contribution in [0.15, 0.2) is 6.20 Å². The van der Waals surface area contributed by atoms with Gasteiger partial charge in [-0.05, 0) is 25.7 Å². The average Bonchev–Trinajstić information content (AvgIpc) is 2.75. The van der Waals surface area contributed by atoms with E-state index in [0.717, 1.165) is 25.3 Å². The smallest absolute Gasteiger partial charge is 0.0959 e. The van der Waals surface area contributed by atoms with Crippen molar-refractivity contribution < 1.29 is 5.11 Å². The molecule has 0 atom stereocenters. The van der Waals surface area contributed by atoms with Crippen molar-refractivity contribution in [1.82, 2.24) is 10.3 Å². The van der Waals surface area contributed by atoms with Crippen molar-refractivity contribution in [1.29, 1.82) is 0 Å². The lowest BCUT2D eigenvalue weighted by Crippen LogP contribution is -2.39. The van der Waals surface area contributed by atoms with Crippen LogP contribution in [0, 0.1) is 0 Å². The van der Waals surface area contributed by atoms with E-state index in [4.69, 9.17) is 0 Å². The highest BCUT2D eigenvalue weighted by molar-refractivity contribution is 7.11. The highest BCUT2D eigenvalue weighted by Gasteiger charge is 2.23. The van der Waals surface area contributed by atoms with E-state index in [1.165, 1.54) is 29.1 Å². The van der Waals surface area contributed by atoms with E-state index in [2.05, 4.69) is 10.3 Å². The number of nitrogens with zero attached hydrogens (tertiary/aromatic N) is 1. The average molecular weight is 268 g/mol. The van der Waals surface area contributed by atoms with Gasteiger partial charge in [-0.2, -0.15) is 0 Å². The Morgan fingerprint density at radius 1 is 1.44 bits per heavy atom. The number of aliphatic hydroxyl groups is 1. The van der Waals surface area contributed by atoms with Gasteiger partial charge in [-0.1, -0.05) is 20.3 Å². The van der Waals surface area contributed by atoms with E-state index < -0.39 is 5.60 Å². The van der Waals surface area contributed by atoms with E-state index in [9.17, 15) is 5.11 Å². The molecule has 4 heteroatoms. The van der Waals surface area contributed by atoms with Gasteiger partial charge < -0.3 is 10.4 Å². The monoisotopic (exact) mass is 268 g/mol. The van der Waals surface area contributed by atoms with Crippen LogP contribution in [-0.2, 0) is 6.54 Å². The highest BCUT2D eigenvalue weighted by Crippen LogP contribution is 2.38. The summed E-state index contributed by atoms with van der Waals surface area (Å²) in [5.74, 6) is 0.729. The third-order valence-electron chi connectivity index (χ3n) is 4.10. The molecule has 0 radical (unpaired) electrons. The second-order valence-corrected chi connectivity index (χ2v) is 6.47. The fraction of sp³-hybridized carbons (Fsp3) is 0.786. The van der Waals surface area contributed by atoms with Crippen LogP contribution >= 0.6 is 11.3 Å². The van der Waals surface area contributed by atoms with Gasteiger partial charge in [0, 0.05) is 30.1 Å². The predicted octanol–water partition coefficient (Wildman–Crippen LogP) is 3.05. The first kappa shape index (κ1) is 14.0. The lowest BCUT2D eigenvalue weighted by atomic mass is 9.86. The van der Waals surface area contributed by atoms with E-state index in [1.54, 1.807) is 0 Å². The minimum atomic E-state index is -0.554. The van der Waals surface area contributed by atoms with E-state index in [-0.39, 0.29) is 0 Å². The molecule has 1 aromatic rings. The van der Waals surface area contributed by atoms with Crippen LogP contribution in [0.25, 0.3) is 0 Å². The fourth-order valence-electron chi connectivity index (χ4n) is 2.17. The zero-order chi connectivity index (χ0) is 13.0. The topological polar surface area (TPSA) is 45.1 Å². The van der Waals surface area contributed by atoms with Crippen molar-refractivity contribution in [2.75, 3.05) is 6.54 Å². The molecule has 1 aliphatic carbocycles. The van der Waals surface area contributed by atoms with Gasteiger partial charge in [-0.15, -0.1) is 11.3 Å². The van der Waals surface area contributed by atoms with E-state index in [1.807, 2.05) is 31.4 Å². The Balaban J connectivity index is 1.77. The lowest BCUT2D eigenvalue weighted by Gasteiger charge is -2.25. The van der Waals surface area contributed by atoms with Gasteiger partial charge >= 0.3 is 0 Å². The molecule has 1 heterocycles. The van der Waals surface area contributed by atoms with Crippen LogP contribution in [0.1, 0.15) is 61.8 Å². The molecular weight excluding hydrogens is 244 g/mol. The molecule has 102 valence electrons. The summed E-state index contributed by atoms with van der Waals surface area (Å²) in [6, 6.07) is 0. The molecule has 0 saturated heterocycles. The molecule has 2 N–H and O–H groups in total. The molecule has 2 rings (SSSR count). The predicted molar refractivity (Wildman–Crippen MR) is 75.9 cm³/mol. The normalized spacial score (nSPS) is 16.8. The molecule has 0 aliphatic heterocycles. The van der Waals surface area contributed by atoms with Gasteiger partial charge in [0.05, 0.1) is 10.6 Å². The van der Waals surface area contributed by atoms with Crippen LogP contribution in [0.4, 0.5) is 0 Å². The first-order valence-electron chi connectivity index (χ1n) is 7.04. The van der Waals surface area contributed by atoms with Crippen LogP contribution in [0.2, 0.25) is 0 Å². The SMILES string of the molecule is CCC(O)(CC)CNCc1cnc(C2CCC2)s1. The summed E-state index contributed by atoms with van der Waals surface area (Å²) >= 11 is 1.83. The zero-order valence-corrected chi connectivity index (χ0v) is 12.2. The van der Waals surface area contributed by atoms with E-state index in [0.29, 0.717) is 6.54 Å². The van der Waals surface area contributed by atoms with Gasteiger partial charge in [0.15, 0.2) is 0 Å². The summed E-state index contributed by atoms with van der Waals surface area (Å²) in [5.41, 5.74) is -0.554. The first-order chi connectivity index (χ1) is 8.67. The third kappa shape index (κ3) is 3.31. The number of rotatable bonds is 7. The maximum atomic E-state index is 10.2. The highest BCUT2D eigenvalue weighted by atomic mass is 32.1. The summed E-state index contributed by atoms with van der Waals surface area (Å²) in [6.45, 7) is 5.56. The number of nitrogens with one attached hydrogen (secondary N) is 1. The molecule has 3 nitrogen and oxygen atoms in total. The summed E-state index contributed by atoms with van der Waals surface area (Å²) in [6.07, 6.45) is 7.57. The van der Waals surface area contributed by atoms with Gasteiger partial charge in [-0.3, -0.25) is 0 Å². The van der Waals surface area contributed by atoms with E-state index >= 15 is 0 Å². The molecule has 1 aliphatic rings. The van der Waals surface area contributed by atoms with Gasteiger partial charge in [0.25, 0.3) is 0 Å². The first-order valence-corrected chi connectivity index (χ1v) is 7.86. The molecule has 18 heavy (non-hydrogen) atoms. The Kier molecular flexibility index (Phi) is 4.76. The number of hydrogen-bond acceptors (Lipinski definition) is 4. The van der Waals surface area contributed by atoms with Gasteiger partial charge in [-0.25, -0.2) is 4.98 Å². The minimum Gasteiger partial charge on any atom is -0.389 e. The van der Waals surface area contributed by atoms with Gasteiger partial charge in [0.2, 0.25) is 0 Å². The molecule has 0 amide bonds. The van der Waals surface area contributed by atoms with Crippen LogP contribution in [0.3, 0.4) is 0 Å². The molecule has 0 spiro atoms. The number of hydrogen-bond donors (Lipinski definition) is 2. The van der Waals surface area contributed by atoms with Crippen molar-refractivity contribution in [2.24, 2.45) is 0 Å². The summed E-state index contributed by atoms with van der Waals surface area (Å²) < 4.78 is 0. The van der Waals surface area contributed by atoms with Crippen LogP contribution < -0.4 is 5.32 Å². The molecule has 0 unspecified atom stereocenters. The van der Waals surface area contributed by atoms with Gasteiger partial charge in [0.1, 0.15) is 0 Å². The summed E-state index contributed by atoms with van der Waals surface area (Å²) in [4.78, 5) is 5.79.